The number of hydrogen-bond acceptors (Lipinski definition) is 4. The minimum atomic E-state index is -1.02. The number of nitrogens with zero attached hydrogens (tertiary/aromatic N) is 1. The molecule has 0 aromatic rings. The molecule has 0 spiro atoms. The SMILES string of the molecule is CC(C)C(=O)ON1C(=O)CC(C(C)C)C1O. The van der Waals surface area contributed by atoms with Crippen molar-refractivity contribution in [2.45, 2.75) is 40.3 Å². The summed E-state index contributed by atoms with van der Waals surface area (Å²) >= 11 is 0. The van der Waals surface area contributed by atoms with Crippen LogP contribution in [0.15, 0.2) is 0 Å². The number of hydrogen-bond donors (Lipinski definition) is 1. The predicted octanol–water partition coefficient (Wildman–Crippen LogP) is 0.923. The zero-order valence-electron chi connectivity index (χ0n) is 10.1. The van der Waals surface area contributed by atoms with Crippen LogP contribution in [-0.2, 0) is 14.4 Å². The van der Waals surface area contributed by atoms with Crippen molar-refractivity contribution in [3.63, 3.8) is 0 Å². The van der Waals surface area contributed by atoms with Crippen LogP contribution < -0.4 is 0 Å². The fourth-order valence-electron chi connectivity index (χ4n) is 1.61. The van der Waals surface area contributed by atoms with Gasteiger partial charge in [-0.15, -0.1) is 5.06 Å². The maximum atomic E-state index is 11.5. The van der Waals surface area contributed by atoms with Crippen LogP contribution in [-0.4, -0.2) is 28.3 Å². The lowest BCUT2D eigenvalue weighted by atomic mass is 9.94. The number of amides is 1. The average molecular weight is 229 g/mol. The van der Waals surface area contributed by atoms with Gasteiger partial charge >= 0.3 is 5.97 Å². The summed E-state index contributed by atoms with van der Waals surface area (Å²) in [5, 5.41) is 10.7. The van der Waals surface area contributed by atoms with Crippen molar-refractivity contribution in [2.75, 3.05) is 0 Å². The lowest BCUT2D eigenvalue weighted by molar-refractivity contribution is -0.228. The molecule has 2 atom stereocenters. The molecule has 1 aliphatic heterocycles. The van der Waals surface area contributed by atoms with E-state index >= 15 is 0 Å². The fraction of sp³-hybridized carbons (Fsp3) is 0.818. The Kier molecular flexibility index (Phi) is 3.91. The molecule has 1 N–H and O–H groups in total. The normalized spacial score (nSPS) is 25.7. The van der Waals surface area contributed by atoms with Gasteiger partial charge in [0.15, 0.2) is 6.23 Å². The largest absolute Gasteiger partial charge is 0.370 e. The van der Waals surface area contributed by atoms with E-state index in [0.29, 0.717) is 0 Å². The highest BCUT2D eigenvalue weighted by atomic mass is 16.7. The first-order valence-corrected chi connectivity index (χ1v) is 5.56. The van der Waals surface area contributed by atoms with Crippen molar-refractivity contribution in [1.82, 2.24) is 5.06 Å². The number of aliphatic hydroxyl groups excluding tert-OH is 1. The molecule has 1 aliphatic rings. The van der Waals surface area contributed by atoms with Gasteiger partial charge in [-0.05, 0) is 5.92 Å². The number of rotatable bonds is 3. The van der Waals surface area contributed by atoms with E-state index in [1.54, 1.807) is 13.8 Å². The molecule has 16 heavy (non-hydrogen) atoms. The van der Waals surface area contributed by atoms with Crippen molar-refractivity contribution in [1.29, 1.82) is 0 Å². The summed E-state index contributed by atoms with van der Waals surface area (Å²) < 4.78 is 0. The molecule has 92 valence electrons. The van der Waals surface area contributed by atoms with Gasteiger partial charge in [0.05, 0.1) is 5.92 Å². The standard InChI is InChI=1S/C11H19NO4/c1-6(2)8-5-9(13)12(10(8)14)16-11(15)7(3)4/h6-8,10,14H,5H2,1-4H3. The van der Waals surface area contributed by atoms with Crippen molar-refractivity contribution in [3.05, 3.63) is 0 Å². The molecule has 0 bridgehead atoms. The third-order valence-corrected chi connectivity index (χ3v) is 2.80. The molecular weight excluding hydrogens is 210 g/mol. The highest BCUT2D eigenvalue weighted by Crippen LogP contribution is 2.30. The second-order valence-corrected chi connectivity index (χ2v) is 4.81. The van der Waals surface area contributed by atoms with Gasteiger partial charge < -0.3 is 9.94 Å². The third-order valence-electron chi connectivity index (χ3n) is 2.80. The van der Waals surface area contributed by atoms with Crippen molar-refractivity contribution in [3.8, 4) is 0 Å². The zero-order chi connectivity index (χ0) is 12.5. The van der Waals surface area contributed by atoms with Gasteiger partial charge in [-0.2, -0.15) is 0 Å². The van der Waals surface area contributed by atoms with Gasteiger partial charge in [0.2, 0.25) is 0 Å². The molecular formula is C11H19NO4. The van der Waals surface area contributed by atoms with Crippen molar-refractivity contribution in [2.24, 2.45) is 17.8 Å². The van der Waals surface area contributed by atoms with Crippen molar-refractivity contribution < 1.29 is 19.5 Å². The highest BCUT2D eigenvalue weighted by molar-refractivity contribution is 5.80. The smallest absolute Gasteiger partial charge is 0.335 e. The van der Waals surface area contributed by atoms with E-state index in [1.165, 1.54) is 0 Å². The number of carbonyl (C=O) groups excluding carboxylic acids is 2. The van der Waals surface area contributed by atoms with Crippen LogP contribution in [0, 0.1) is 17.8 Å². The van der Waals surface area contributed by atoms with Gasteiger partial charge in [0, 0.05) is 12.3 Å². The topological polar surface area (TPSA) is 66.8 Å². The Morgan fingerprint density at radius 2 is 2.00 bits per heavy atom. The van der Waals surface area contributed by atoms with Gasteiger partial charge in [-0.25, -0.2) is 4.79 Å². The van der Waals surface area contributed by atoms with E-state index < -0.39 is 12.2 Å². The van der Waals surface area contributed by atoms with Gasteiger partial charge in [-0.3, -0.25) is 4.79 Å². The molecule has 5 nitrogen and oxygen atoms in total. The molecule has 0 saturated carbocycles. The van der Waals surface area contributed by atoms with Crippen LogP contribution in [0.5, 0.6) is 0 Å². The molecule has 1 heterocycles. The van der Waals surface area contributed by atoms with E-state index in [9.17, 15) is 14.7 Å². The first-order valence-electron chi connectivity index (χ1n) is 5.56. The molecule has 2 unspecified atom stereocenters. The Labute approximate surface area is 95.3 Å². The minimum Gasteiger partial charge on any atom is -0.370 e. The van der Waals surface area contributed by atoms with Crippen LogP contribution >= 0.6 is 0 Å². The number of carbonyl (C=O) groups is 2. The van der Waals surface area contributed by atoms with E-state index in [-0.39, 0.29) is 30.1 Å². The van der Waals surface area contributed by atoms with E-state index in [4.69, 9.17) is 4.84 Å². The summed E-state index contributed by atoms with van der Waals surface area (Å²) in [5.74, 6) is -1.16. The van der Waals surface area contributed by atoms with Crippen LogP contribution in [0.3, 0.4) is 0 Å². The molecule has 1 amide bonds. The fourth-order valence-corrected chi connectivity index (χ4v) is 1.61. The minimum absolute atomic E-state index is 0.168. The third kappa shape index (κ3) is 2.52. The summed E-state index contributed by atoms with van der Waals surface area (Å²) in [7, 11) is 0. The summed E-state index contributed by atoms with van der Waals surface area (Å²) in [6.45, 7) is 7.20. The molecule has 0 radical (unpaired) electrons. The maximum Gasteiger partial charge on any atom is 0.335 e. The molecule has 0 aromatic heterocycles. The lowest BCUT2D eigenvalue weighted by Crippen LogP contribution is -2.39. The van der Waals surface area contributed by atoms with Crippen LogP contribution in [0.25, 0.3) is 0 Å². The maximum absolute atomic E-state index is 11.5. The average Bonchev–Trinajstić information content (AvgIpc) is 2.45. The number of hydroxylamine groups is 2. The summed E-state index contributed by atoms with van der Waals surface area (Å²) in [6, 6.07) is 0. The summed E-state index contributed by atoms with van der Waals surface area (Å²) in [6.07, 6.45) is -0.792. The Morgan fingerprint density at radius 3 is 2.38 bits per heavy atom. The molecule has 0 aromatic carbocycles. The summed E-state index contributed by atoms with van der Waals surface area (Å²) in [5.41, 5.74) is 0. The second kappa shape index (κ2) is 4.82. The van der Waals surface area contributed by atoms with Gasteiger partial charge in [0.25, 0.3) is 5.91 Å². The monoisotopic (exact) mass is 229 g/mol. The van der Waals surface area contributed by atoms with E-state index in [2.05, 4.69) is 0 Å². The predicted molar refractivity (Wildman–Crippen MR) is 56.7 cm³/mol. The van der Waals surface area contributed by atoms with Crippen LogP contribution in [0.4, 0.5) is 0 Å². The second-order valence-electron chi connectivity index (χ2n) is 4.81. The van der Waals surface area contributed by atoms with Crippen LogP contribution in [0.2, 0.25) is 0 Å². The zero-order valence-corrected chi connectivity index (χ0v) is 10.1. The molecule has 1 fully saturated rings. The number of aliphatic hydroxyl groups is 1. The van der Waals surface area contributed by atoms with E-state index in [0.717, 1.165) is 5.06 Å². The van der Waals surface area contributed by atoms with E-state index in [1.807, 2.05) is 13.8 Å². The first-order chi connectivity index (χ1) is 7.34. The highest BCUT2D eigenvalue weighted by Gasteiger charge is 2.42. The Hall–Kier alpha value is -1.10. The molecule has 0 aliphatic carbocycles. The quantitative estimate of drug-likeness (QED) is 0.781. The lowest BCUT2D eigenvalue weighted by Gasteiger charge is -2.23. The molecule has 1 saturated heterocycles. The van der Waals surface area contributed by atoms with Gasteiger partial charge in [-0.1, -0.05) is 27.7 Å². The molecule has 1 rings (SSSR count). The van der Waals surface area contributed by atoms with Crippen molar-refractivity contribution >= 4 is 11.9 Å². The van der Waals surface area contributed by atoms with Crippen LogP contribution in [0.1, 0.15) is 34.1 Å². The summed E-state index contributed by atoms with van der Waals surface area (Å²) in [4.78, 5) is 27.8. The first kappa shape index (κ1) is 13.0. The Morgan fingerprint density at radius 1 is 1.44 bits per heavy atom. The molecule has 5 heteroatoms. The Balaban J connectivity index is 2.68. The van der Waals surface area contributed by atoms with Gasteiger partial charge in [0.1, 0.15) is 0 Å². The Bertz CT molecular complexity index is 288.